The summed E-state index contributed by atoms with van der Waals surface area (Å²) in [5.74, 6) is -1.50. The van der Waals surface area contributed by atoms with Crippen LogP contribution in [0.3, 0.4) is 0 Å². The van der Waals surface area contributed by atoms with Gasteiger partial charge in [-0.15, -0.1) is 0 Å². The predicted molar refractivity (Wildman–Crippen MR) is 103 cm³/mol. The number of piperazine rings is 1. The molecule has 3 rings (SSSR count). The maximum absolute atomic E-state index is 12.9. The number of carbonyl (C=O) groups is 3. The number of carbonyl (C=O) groups excluding carboxylic acids is 2. The highest BCUT2D eigenvalue weighted by atomic mass is 16.6. The van der Waals surface area contributed by atoms with Crippen LogP contribution in [0.4, 0.5) is 5.69 Å². The van der Waals surface area contributed by atoms with Gasteiger partial charge in [-0.3, -0.25) is 9.59 Å². The zero-order chi connectivity index (χ0) is 20.3. The van der Waals surface area contributed by atoms with Crippen molar-refractivity contribution in [1.82, 2.24) is 10.2 Å². The van der Waals surface area contributed by atoms with Crippen molar-refractivity contribution in [2.45, 2.75) is 32.5 Å². The molecule has 0 aromatic heterocycles. The molecule has 0 bridgehead atoms. The van der Waals surface area contributed by atoms with Gasteiger partial charge in [-0.25, -0.2) is 4.79 Å². The second-order valence-electron chi connectivity index (χ2n) is 7.86. The molecule has 2 N–H and O–H groups in total. The van der Waals surface area contributed by atoms with Crippen molar-refractivity contribution in [2.24, 2.45) is 5.41 Å². The third kappa shape index (κ3) is 4.62. The van der Waals surface area contributed by atoms with E-state index in [0.29, 0.717) is 26.1 Å². The molecule has 2 aliphatic rings. The van der Waals surface area contributed by atoms with Crippen LogP contribution in [-0.2, 0) is 19.1 Å². The van der Waals surface area contributed by atoms with Crippen LogP contribution >= 0.6 is 0 Å². The molecule has 2 atom stereocenters. The largest absolute Gasteiger partial charge is 0.479 e. The smallest absolute Gasteiger partial charge is 0.336 e. The highest BCUT2D eigenvalue weighted by molar-refractivity contribution is 5.92. The Morgan fingerprint density at radius 1 is 1.11 bits per heavy atom. The minimum absolute atomic E-state index is 0.0699. The molecular weight excluding hydrogens is 362 g/mol. The number of epoxide rings is 1. The first kappa shape index (κ1) is 20.1. The standard InChI is InChI=1S/C20H27N3O5/c1-20(2,8-9-21-17(24)15-16(28-15)18(25)26)19(27)23-12-10-22(11-13-23)14-6-4-3-5-7-14/h3-7,15-16H,8-13H2,1-2H3,(H,21,24)(H,25,26)/t15-,16-/m0/s1. The Morgan fingerprint density at radius 2 is 1.75 bits per heavy atom. The van der Waals surface area contributed by atoms with E-state index >= 15 is 0 Å². The van der Waals surface area contributed by atoms with E-state index in [0.717, 1.165) is 13.1 Å². The average Bonchev–Trinajstić information content (AvgIpc) is 3.49. The summed E-state index contributed by atoms with van der Waals surface area (Å²) in [7, 11) is 0. The highest BCUT2D eigenvalue weighted by Crippen LogP contribution is 2.26. The average molecular weight is 389 g/mol. The number of hydrogen-bond donors (Lipinski definition) is 2. The van der Waals surface area contributed by atoms with Crippen molar-refractivity contribution in [2.75, 3.05) is 37.6 Å². The number of rotatable bonds is 7. The normalized spacial score (nSPS) is 21.9. The molecule has 1 aromatic rings. The lowest BCUT2D eigenvalue weighted by molar-refractivity contribution is -0.141. The Labute approximate surface area is 164 Å². The van der Waals surface area contributed by atoms with E-state index in [1.54, 1.807) is 0 Å². The minimum Gasteiger partial charge on any atom is -0.479 e. The number of hydrogen-bond acceptors (Lipinski definition) is 5. The first-order chi connectivity index (χ1) is 13.3. The summed E-state index contributed by atoms with van der Waals surface area (Å²) < 4.78 is 4.82. The number of nitrogens with one attached hydrogen (secondary N) is 1. The van der Waals surface area contributed by atoms with E-state index in [9.17, 15) is 14.4 Å². The molecule has 2 aliphatic heterocycles. The monoisotopic (exact) mass is 389 g/mol. The quantitative estimate of drug-likeness (QED) is 0.666. The van der Waals surface area contributed by atoms with Crippen LogP contribution in [-0.4, -0.2) is 72.7 Å². The fourth-order valence-electron chi connectivity index (χ4n) is 3.44. The number of para-hydroxylation sites is 1. The number of ether oxygens (including phenoxy) is 1. The molecule has 8 nitrogen and oxygen atoms in total. The molecular formula is C20H27N3O5. The highest BCUT2D eigenvalue weighted by Gasteiger charge is 2.50. The molecule has 0 radical (unpaired) electrons. The fraction of sp³-hybridized carbons (Fsp3) is 0.550. The molecule has 0 spiro atoms. The van der Waals surface area contributed by atoms with Gasteiger partial charge in [0.2, 0.25) is 5.91 Å². The second-order valence-corrected chi connectivity index (χ2v) is 7.86. The first-order valence-electron chi connectivity index (χ1n) is 9.55. The van der Waals surface area contributed by atoms with Gasteiger partial charge < -0.3 is 25.0 Å². The molecule has 0 unspecified atom stereocenters. The molecule has 152 valence electrons. The van der Waals surface area contributed by atoms with Gasteiger partial charge in [-0.05, 0) is 18.6 Å². The van der Waals surface area contributed by atoms with Crippen LogP contribution in [0.1, 0.15) is 20.3 Å². The summed E-state index contributed by atoms with van der Waals surface area (Å²) in [5.41, 5.74) is 0.553. The number of amides is 2. The third-order valence-corrected chi connectivity index (χ3v) is 5.31. The number of carboxylic acid groups (broad SMARTS) is 1. The van der Waals surface area contributed by atoms with Gasteiger partial charge in [-0.2, -0.15) is 0 Å². The summed E-state index contributed by atoms with van der Waals surface area (Å²) >= 11 is 0. The molecule has 2 saturated heterocycles. The Hall–Kier alpha value is -2.61. The Kier molecular flexibility index (Phi) is 5.88. The Bertz CT molecular complexity index is 729. The third-order valence-electron chi connectivity index (χ3n) is 5.31. The summed E-state index contributed by atoms with van der Waals surface area (Å²) in [4.78, 5) is 39.6. The minimum atomic E-state index is -1.13. The molecule has 2 amide bonds. The fourth-order valence-corrected chi connectivity index (χ4v) is 3.44. The van der Waals surface area contributed by atoms with Crippen LogP contribution in [0.25, 0.3) is 0 Å². The molecule has 0 aliphatic carbocycles. The van der Waals surface area contributed by atoms with Gasteiger partial charge in [-0.1, -0.05) is 32.0 Å². The van der Waals surface area contributed by atoms with Crippen molar-refractivity contribution in [3.63, 3.8) is 0 Å². The number of anilines is 1. The molecule has 28 heavy (non-hydrogen) atoms. The van der Waals surface area contributed by atoms with Crippen molar-refractivity contribution in [1.29, 1.82) is 0 Å². The zero-order valence-corrected chi connectivity index (χ0v) is 16.3. The predicted octanol–water partition coefficient (Wildman–Crippen LogP) is 0.720. The number of benzene rings is 1. The number of carboxylic acids is 1. The van der Waals surface area contributed by atoms with Crippen LogP contribution in [0.15, 0.2) is 30.3 Å². The SMILES string of the molecule is CC(C)(CCNC(=O)[C@H]1O[C@@H]1C(=O)O)C(=O)N1CCN(c2ccccc2)CC1. The van der Waals surface area contributed by atoms with E-state index in [2.05, 4.69) is 22.3 Å². The summed E-state index contributed by atoms with van der Waals surface area (Å²) in [6, 6.07) is 10.2. The van der Waals surface area contributed by atoms with Crippen molar-refractivity contribution >= 4 is 23.5 Å². The van der Waals surface area contributed by atoms with Gasteiger partial charge in [0.15, 0.2) is 12.2 Å². The van der Waals surface area contributed by atoms with Crippen LogP contribution in [0.2, 0.25) is 0 Å². The number of aliphatic carboxylic acids is 1. The lowest BCUT2D eigenvalue weighted by Crippen LogP contribution is -2.52. The van der Waals surface area contributed by atoms with E-state index < -0.39 is 29.5 Å². The van der Waals surface area contributed by atoms with Gasteiger partial charge >= 0.3 is 5.97 Å². The first-order valence-corrected chi connectivity index (χ1v) is 9.55. The Morgan fingerprint density at radius 3 is 2.32 bits per heavy atom. The van der Waals surface area contributed by atoms with Crippen molar-refractivity contribution < 1.29 is 24.2 Å². The van der Waals surface area contributed by atoms with E-state index in [1.807, 2.05) is 36.9 Å². The second kappa shape index (κ2) is 8.18. The maximum Gasteiger partial charge on any atom is 0.336 e. The topological polar surface area (TPSA) is 102 Å². The number of nitrogens with zero attached hydrogens (tertiary/aromatic N) is 2. The van der Waals surface area contributed by atoms with Crippen LogP contribution in [0.5, 0.6) is 0 Å². The van der Waals surface area contributed by atoms with E-state index in [4.69, 9.17) is 9.84 Å². The maximum atomic E-state index is 12.9. The lowest BCUT2D eigenvalue weighted by Gasteiger charge is -2.39. The van der Waals surface area contributed by atoms with Gasteiger partial charge in [0.05, 0.1) is 0 Å². The molecule has 0 saturated carbocycles. The van der Waals surface area contributed by atoms with E-state index in [-0.39, 0.29) is 5.91 Å². The zero-order valence-electron chi connectivity index (χ0n) is 16.3. The van der Waals surface area contributed by atoms with Crippen LogP contribution in [0, 0.1) is 5.41 Å². The molecule has 8 heteroatoms. The Balaban J connectivity index is 1.43. The summed E-state index contributed by atoms with van der Waals surface area (Å²) in [5, 5.41) is 11.4. The summed E-state index contributed by atoms with van der Waals surface area (Å²) in [6.07, 6.45) is -1.49. The molecule has 1 aromatic carbocycles. The lowest BCUT2D eigenvalue weighted by atomic mass is 9.87. The molecule has 2 fully saturated rings. The van der Waals surface area contributed by atoms with Crippen molar-refractivity contribution in [3.8, 4) is 0 Å². The summed E-state index contributed by atoms with van der Waals surface area (Å²) in [6.45, 7) is 6.96. The van der Waals surface area contributed by atoms with Crippen LogP contribution < -0.4 is 10.2 Å². The van der Waals surface area contributed by atoms with Gasteiger partial charge in [0.25, 0.3) is 5.91 Å². The molecule has 2 heterocycles. The van der Waals surface area contributed by atoms with E-state index in [1.165, 1.54) is 5.69 Å². The van der Waals surface area contributed by atoms with Gasteiger partial charge in [0, 0.05) is 43.8 Å². The van der Waals surface area contributed by atoms with Gasteiger partial charge in [0.1, 0.15) is 0 Å². The van der Waals surface area contributed by atoms with Crippen molar-refractivity contribution in [3.05, 3.63) is 30.3 Å².